The number of methoxy groups -OCH3 is 1. The fourth-order valence-corrected chi connectivity index (χ4v) is 5.46. The molecule has 5 aliphatic carbocycles. The van der Waals surface area contributed by atoms with Crippen LogP contribution in [-0.4, -0.2) is 13.1 Å². The largest absolute Gasteiger partial charge is 0.469 e. The van der Waals surface area contributed by atoms with Crippen LogP contribution in [0.5, 0.6) is 0 Å². The minimum atomic E-state index is 0.0463. The Labute approximate surface area is 96.0 Å². The van der Waals surface area contributed by atoms with Crippen molar-refractivity contribution in [2.24, 2.45) is 35.0 Å². The highest BCUT2D eigenvalue weighted by Gasteiger charge is 2.69. The molecule has 4 saturated carbocycles. The third-order valence-electron chi connectivity index (χ3n) is 6.00. The summed E-state index contributed by atoms with van der Waals surface area (Å²) >= 11 is 0. The number of carbonyl (C=O) groups excluding carboxylic acids is 1. The lowest BCUT2D eigenvalue weighted by Gasteiger charge is -2.62. The molecule has 0 aliphatic heterocycles. The van der Waals surface area contributed by atoms with Crippen molar-refractivity contribution in [3.05, 3.63) is 12.2 Å². The Bertz CT molecular complexity index is 382. The first kappa shape index (κ1) is 9.26. The van der Waals surface area contributed by atoms with Gasteiger partial charge in [0.15, 0.2) is 0 Å². The van der Waals surface area contributed by atoms with Gasteiger partial charge in [-0.3, -0.25) is 4.79 Å². The van der Waals surface area contributed by atoms with Crippen molar-refractivity contribution in [2.75, 3.05) is 7.11 Å². The molecule has 4 bridgehead atoms. The molecule has 0 aromatic carbocycles. The van der Waals surface area contributed by atoms with Crippen LogP contribution in [-0.2, 0) is 9.53 Å². The van der Waals surface area contributed by atoms with E-state index in [2.05, 4.69) is 12.2 Å². The van der Waals surface area contributed by atoms with Crippen molar-refractivity contribution in [3.63, 3.8) is 0 Å². The summed E-state index contributed by atoms with van der Waals surface area (Å²) in [5, 5.41) is 0. The number of hydrogen-bond acceptors (Lipinski definition) is 2. The average molecular weight is 218 g/mol. The van der Waals surface area contributed by atoms with Gasteiger partial charge in [0, 0.05) is 0 Å². The van der Waals surface area contributed by atoms with Crippen LogP contribution in [0.1, 0.15) is 25.7 Å². The molecule has 0 aromatic heterocycles. The van der Waals surface area contributed by atoms with E-state index in [0.29, 0.717) is 11.3 Å². The molecule has 0 amide bonds. The lowest BCUT2D eigenvalue weighted by atomic mass is 9.41. The minimum absolute atomic E-state index is 0.0463. The maximum atomic E-state index is 11.8. The summed E-state index contributed by atoms with van der Waals surface area (Å²) in [7, 11) is 1.53. The minimum Gasteiger partial charge on any atom is -0.469 e. The lowest BCUT2D eigenvalue weighted by molar-refractivity contribution is -0.173. The molecule has 5 aliphatic rings. The standard InChI is InChI=1S/C14H18O2/c1-16-13(15)10-4-5-14-7-11(10)12(14)8-2-3-9(14)6-8/h2-3,8-12H,4-7H2,1H3. The molecule has 2 heteroatoms. The molecular weight excluding hydrogens is 200 g/mol. The summed E-state index contributed by atoms with van der Waals surface area (Å²) in [5.74, 6) is 3.35. The second kappa shape index (κ2) is 2.72. The first-order valence-corrected chi connectivity index (χ1v) is 6.52. The summed E-state index contributed by atoms with van der Waals surface area (Å²) in [4.78, 5) is 11.8. The quantitative estimate of drug-likeness (QED) is 0.499. The van der Waals surface area contributed by atoms with Gasteiger partial charge in [-0.05, 0) is 54.8 Å². The third kappa shape index (κ3) is 0.813. The highest BCUT2D eigenvalue weighted by molar-refractivity contribution is 5.73. The molecule has 86 valence electrons. The SMILES string of the molecule is COC(=O)C1CCC23CC1C2C1C=CC3C1. The van der Waals surface area contributed by atoms with Crippen LogP contribution >= 0.6 is 0 Å². The van der Waals surface area contributed by atoms with E-state index >= 15 is 0 Å². The first-order chi connectivity index (χ1) is 7.76. The zero-order chi connectivity index (χ0) is 10.9. The smallest absolute Gasteiger partial charge is 0.308 e. The van der Waals surface area contributed by atoms with Gasteiger partial charge in [-0.15, -0.1) is 0 Å². The predicted octanol–water partition coefficient (Wildman–Crippen LogP) is 2.40. The molecule has 16 heavy (non-hydrogen) atoms. The van der Waals surface area contributed by atoms with Gasteiger partial charge in [0.2, 0.25) is 0 Å². The van der Waals surface area contributed by atoms with Crippen molar-refractivity contribution in [3.8, 4) is 0 Å². The van der Waals surface area contributed by atoms with E-state index in [4.69, 9.17) is 4.74 Å². The normalized spacial score (nSPS) is 55.7. The van der Waals surface area contributed by atoms with E-state index in [9.17, 15) is 4.79 Å². The highest BCUT2D eigenvalue weighted by Crippen LogP contribution is 2.75. The van der Waals surface area contributed by atoms with Gasteiger partial charge in [0.25, 0.3) is 0 Å². The van der Waals surface area contributed by atoms with Crippen molar-refractivity contribution in [1.29, 1.82) is 0 Å². The van der Waals surface area contributed by atoms with Crippen molar-refractivity contribution in [2.45, 2.75) is 25.7 Å². The summed E-state index contributed by atoms with van der Waals surface area (Å²) in [5.41, 5.74) is 0.620. The Kier molecular flexibility index (Phi) is 1.57. The number of esters is 1. The van der Waals surface area contributed by atoms with Crippen LogP contribution in [0, 0.1) is 35.0 Å². The van der Waals surface area contributed by atoms with Gasteiger partial charge >= 0.3 is 5.97 Å². The van der Waals surface area contributed by atoms with Crippen LogP contribution in [0.4, 0.5) is 0 Å². The fourth-order valence-electron chi connectivity index (χ4n) is 5.46. The molecule has 0 heterocycles. The van der Waals surface area contributed by atoms with E-state index in [1.54, 1.807) is 0 Å². The molecule has 2 nitrogen and oxygen atoms in total. The van der Waals surface area contributed by atoms with E-state index in [0.717, 1.165) is 24.2 Å². The summed E-state index contributed by atoms with van der Waals surface area (Å²) in [6.07, 6.45) is 9.87. The van der Waals surface area contributed by atoms with Crippen LogP contribution in [0.15, 0.2) is 12.2 Å². The maximum Gasteiger partial charge on any atom is 0.308 e. The molecule has 5 rings (SSSR count). The van der Waals surface area contributed by atoms with Gasteiger partial charge in [0.05, 0.1) is 13.0 Å². The molecule has 4 fully saturated rings. The predicted molar refractivity (Wildman–Crippen MR) is 59.5 cm³/mol. The zero-order valence-electron chi connectivity index (χ0n) is 9.69. The number of hydrogen-bond donors (Lipinski definition) is 0. The number of rotatable bonds is 1. The van der Waals surface area contributed by atoms with Gasteiger partial charge in [-0.2, -0.15) is 0 Å². The average Bonchev–Trinajstić information content (AvgIpc) is 2.84. The molecular formula is C14H18O2. The fraction of sp³-hybridized carbons (Fsp3) is 0.786. The second-order valence-electron chi connectivity index (χ2n) is 6.19. The first-order valence-electron chi connectivity index (χ1n) is 6.52. The maximum absolute atomic E-state index is 11.8. The number of carbonyl (C=O) groups is 1. The van der Waals surface area contributed by atoms with E-state index in [1.165, 1.54) is 26.4 Å². The monoisotopic (exact) mass is 218 g/mol. The summed E-state index contributed by atoms with van der Waals surface area (Å²) in [6, 6.07) is 0. The molecule has 6 unspecified atom stereocenters. The molecule has 6 atom stereocenters. The second-order valence-corrected chi connectivity index (χ2v) is 6.19. The van der Waals surface area contributed by atoms with Crippen molar-refractivity contribution < 1.29 is 9.53 Å². The van der Waals surface area contributed by atoms with E-state index in [1.807, 2.05) is 0 Å². The number of ether oxygens (including phenoxy) is 1. The van der Waals surface area contributed by atoms with Gasteiger partial charge < -0.3 is 4.74 Å². The van der Waals surface area contributed by atoms with E-state index in [-0.39, 0.29) is 11.9 Å². The van der Waals surface area contributed by atoms with Gasteiger partial charge in [-0.1, -0.05) is 12.2 Å². The van der Waals surface area contributed by atoms with Crippen LogP contribution in [0.2, 0.25) is 0 Å². The lowest BCUT2D eigenvalue weighted by Crippen LogP contribution is -2.58. The third-order valence-corrected chi connectivity index (χ3v) is 6.00. The Hall–Kier alpha value is -0.790. The zero-order valence-corrected chi connectivity index (χ0v) is 9.69. The van der Waals surface area contributed by atoms with Gasteiger partial charge in [0.1, 0.15) is 0 Å². The number of fused-ring (bicyclic) bond motifs is 4. The van der Waals surface area contributed by atoms with Crippen LogP contribution in [0.25, 0.3) is 0 Å². The van der Waals surface area contributed by atoms with E-state index < -0.39 is 0 Å². The van der Waals surface area contributed by atoms with Crippen molar-refractivity contribution in [1.82, 2.24) is 0 Å². The molecule has 0 radical (unpaired) electrons. The Morgan fingerprint density at radius 1 is 1.44 bits per heavy atom. The Morgan fingerprint density at radius 2 is 2.31 bits per heavy atom. The number of allylic oxidation sites excluding steroid dienone is 2. The topological polar surface area (TPSA) is 26.3 Å². The van der Waals surface area contributed by atoms with Crippen LogP contribution < -0.4 is 0 Å². The molecule has 1 spiro atoms. The van der Waals surface area contributed by atoms with Gasteiger partial charge in [-0.25, -0.2) is 0 Å². The molecule has 0 aromatic rings. The van der Waals surface area contributed by atoms with Crippen LogP contribution in [0.3, 0.4) is 0 Å². The summed E-state index contributed by atoms with van der Waals surface area (Å²) < 4.78 is 4.95. The Morgan fingerprint density at radius 3 is 3.06 bits per heavy atom. The molecule has 0 saturated heterocycles. The Balaban J connectivity index is 1.66. The summed E-state index contributed by atoms with van der Waals surface area (Å²) in [6.45, 7) is 0. The molecule has 0 N–H and O–H groups in total. The van der Waals surface area contributed by atoms with Crippen molar-refractivity contribution >= 4 is 5.97 Å². The highest BCUT2D eigenvalue weighted by atomic mass is 16.5.